The molecule has 2 saturated heterocycles. The van der Waals surface area contributed by atoms with Crippen molar-refractivity contribution in [1.29, 1.82) is 0 Å². The van der Waals surface area contributed by atoms with Crippen LogP contribution in [0.25, 0.3) is 11.0 Å². The number of amides is 1. The molecule has 3 aromatic carbocycles. The van der Waals surface area contributed by atoms with Gasteiger partial charge in [-0.15, -0.1) is 0 Å². The van der Waals surface area contributed by atoms with Gasteiger partial charge >= 0.3 is 0 Å². The molecule has 5 aromatic rings. The highest BCUT2D eigenvalue weighted by Gasteiger charge is 2.48. The Morgan fingerprint density at radius 3 is 2.29 bits per heavy atom. The first-order valence-corrected chi connectivity index (χ1v) is 17.7. The van der Waals surface area contributed by atoms with Crippen molar-refractivity contribution in [1.82, 2.24) is 19.8 Å². The van der Waals surface area contributed by atoms with Crippen molar-refractivity contribution in [2.75, 3.05) is 52.4 Å². The molecule has 0 saturated carbocycles. The fourth-order valence-electron chi connectivity index (χ4n) is 7.85. The lowest BCUT2D eigenvalue weighted by Gasteiger charge is -2.39. The van der Waals surface area contributed by atoms with Crippen LogP contribution < -0.4 is 19.1 Å². The molecular weight excluding hydrogens is 646 g/mol. The predicted molar refractivity (Wildman–Crippen MR) is 195 cm³/mol. The van der Waals surface area contributed by atoms with Crippen LogP contribution in [0.15, 0.2) is 83.3 Å². The van der Waals surface area contributed by atoms with E-state index in [1.54, 1.807) is 21.3 Å². The number of fused-ring (bicyclic) bond motifs is 1. The number of H-pyrrole nitrogens is 1. The molecule has 268 valence electrons. The van der Waals surface area contributed by atoms with Gasteiger partial charge in [0.15, 0.2) is 11.5 Å². The van der Waals surface area contributed by atoms with E-state index in [0.717, 1.165) is 79.2 Å². The van der Waals surface area contributed by atoms with Crippen LogP contribution in [0.2, 0.25) is 0 Å². The number of methoxy groups -OCH3 is 3. The van der Waals surface area contributed by atoms with Gasteiger partial charge < -0.3 is 43.4 Å². The summed E-state index contributed by atoms with van der Waals surface area (Å²) in [4.78, 5) is 29.7. The van der Waals surface area contributed by atoms with E-state index in [9.17, 15) is 9.90 Å². The van der Waals surface area contributed by atoms with Gasteiger partial charge in [-0.2, -0.15) is 0 Å². The third-order valence-electron chi connectivity index (χ3n) is 10.6. The molecule has 0 radical (unpaired) electrons. The van der Waals surface area contributed by atoms with Crippen molar-refractivity contribution in [2.45, 2.75) is 56.8 Å². The number of carbonyl (C=O) groups is 1. The number of aromatic nitrogens is 2. The number of hydrogen-bond acceptors (Lipinski definition) is 9. The molecule has 1 atom stereocenters. The summed E-state index contributed by atoms with van der Waals surface area (Å²) in [7, 11) is 4.80. The highest BCUT2D eigenvalue weighted by molar-refractivity contribution is 5.90. The number of para-hydroxylation sites is 2. The molecule has 11 nitrogen and oxygen atoms in total. The van der Waals surface area contributed by atoms with Crippen LogP contribution in [0.3, 0.4) is 0 Å². The number of imidazole rings is 1. The van der Waals surface area contributed by atoms with Crippen molar-refractivity contribution >= 4 is 22.9 Å². The molecule has 11 heteroatoms. The van der Waals surface area contributed by atoms with E-state index in [-0.39, 0.29) is 18.6 Å². The van der Waals surface area contributed by atoms with E-state index in [4.69, 9.17) is 23.6 Å². The number of carbonyl (C=O) groups excluding carboxylic acids is 1. The molecule has 4 heterocycles. The lowest BCUT2D eigenvalue weighted by atomic mass is 9.76. The van der Waals surface area contributed by atoms with Gasteiger partial charge in [0, 0.05) is 32.2 Å². The first-order valence-electron chi connectivity index (χ1n) is 17.7. The number of benzene rings is 3. The Kier molecular flexibility index (Phi) is 10.2. The number of piperidine rings is 1. The molecule has 7 rings (SSSR count). The van der Waals surface area contributed by atoms with Crippen LogP contribution in [0.5, 0.6) is 17.2 Å². The molecule has 2 N–H and O–H groups in total. The Morgan fingerprint density at radius 1 is 0.922 bits per heavy atom. The number of aromatic amines is 1. The quantitative estimate of drug-likeness (QED) is 0.147. The largest absolute Gasteiger partial charge is 0.493 e. The van der Waals surface area contributed by atoms with Gasteiger partial charge in [0.1, 0.15) is 18.1 Å². The summed E-state index contributed by atoms with van der Waals surface area (Å²) in [6.07, 6.45) is 3.40. The molecule has 2 aliphatic heterocycles. The van der Waals surface area contributed by atoms with E-state index < -0.39 is 5.41 Å². The van der Waals surface area contributed by atoms with E-state index in [0.29, 0.717) is 42.6 Å². The first kappa shape index (κ1) is 34.4. The summed E-state index contributed by atoms with van der Waals surface area (Å²) >= 11 is 0. The van der Waals surface area contributed by atoms with E-state index in [2.05, 4.69) is 26.9 Å². The number of likely N-dealkylation sites (tertiary alicyclic amines) is 2. The highest BCUT2D eigenvalue weighted by Crippen LogP contribution is 2.42. The van der Waals surface area contributed by atoms with Gasteiger partial charge in [0.05, 0.1) is 44.3 Å². The molecular formula is C40H47N5O6. The highest BCUT2D eigenvalue weighted by atomic mass is 16.5. The smallest absolute Gasteiger partial charge is 0.233 e. The summed E-state index contributed by atoms with van der Waals surface area (Å²) in [6, 6.07) is 26.2. The number of ether oxygens (including phenoxy) is 3. The molecule has 1 unspecified atom stereocenters. The molecule has 0 bridgehead atoms. The maximum absolute atomic E-state index is 14.5. The summed E-state index contributed by atoms with van der Waals surface area (Å²) in [5.41, 5.74) is 3.34. The van der Waals surface area contributed by atoms with Crippen LogP contribution in [-0.4, -0.2) is 84.3 Å². The number of furan rings is 1. The minimum Gasteiger partial charge on any atom is -0.493 e. The average Bonchev–Trinajstić information content (AvgIpc) is 3.91. The topological polar surface area (TPSA) is 117 Å². The number of nitrogens with zero attached hydrogens (tertiary/aromatic N) is 4. The fourth-order valence-corrected chi connectivity index (χ4v) is 7.85. The normalized spacial score (nSPS) is 18.4. The lowest BCUT2D eigenvalue weighted by Crippen LogP contribution is -2.47. The second kappa shape index (κ2) is 15.1. The Labute approximate surface area is 298 Å². The average molecular weight is 694 g/mol. The molecule has 51 heavy (non-hydrogen) atoms. The number of hydrogen-bond donors (Lipinski definition) is 2. The Balaban J connectivity index is 1.05. The second-order valence-electron chi connectivity index (χ2n) is 13.5. The molecule has 0 aliphatic carbocycles. The molecule has 2 aliphatic rings. The zero-order valence-corrected chi connectivity index (χ0v) is 29.6. The number of aliphatic hydroxyl groups excluding tert-OH is 1. The van der Waals surface area contributed by atoms with Crippen molar-refractivity contribution in [2.24, 2.45) is 0 Å². The van der Waals surface area contributed by atoms with Crippen LogP contribution in [0.4, 0.5) is 5.95 Å². The van der Waals surface area contributed by atoms with Crippen LogP contribution in [0, 0.1) is 0 Å². The van der Waals surface area contributed by atoms with Crippen molar-refractivity contribution in [3.8, 4) is 17.2 Å². The van der Waals surface area contributed by atoms with Crippen LogP contribution >= 0.6 is 0 Å². The standard InChI is InChI=1S/C40H47N5O6/c1-48-35-23-28(24-36(49-2)37(35)50-3)25-44-22-18-40(38(44)47,29-9-5-4-6-10-29)17-21-43-19-15-30(16-20-43)45(26-31-13-14-32(27-46)51-31)39-41-33-11-7-8-12-34(33)42-39/h4-14,23-24,30,46H,15-22,25-27H2,1-3H3,(H,41,42). The minimum atomic E-state index is -0.594. The fraction of sp³-hybridized carbons (Fsp3) is 0.400. The zero-order chi connectivity index (χ0) is 35.4. The predicted octanol–water partition coefficient (Wildman–Crippen LogP) is 5.91. The van der Waals surface area contributed by atoms with Crippen LogP contribution in [0.1, 0.15) is 48.3 Å². The molecule has 2 fully saturated rings. The Bertz CT molecular complexity index is 1880. The number of anilines is 1. The summed E-state index contributed by atoms with van der Waals surface area (Å²) in [6.45, 7) is 4.21. The summed E-state index contributed by atoms with van der Waals surface area (Å²) in [5, 5.41) is 9.58. The van der Waals surface area contributed by atoms with Crippen molar-refractivity contribution in [3.05, 3.63) is 102 Å². The molecule has 1 amide bonds. The minimum absolute atomic E-state index is 0.126. The summed E-state index contributed by atoms with van der Waals surface area (Å²) in [5.74, 6) is 4.03. The monoisotopic (exact) mass is 693 g/mol. The van der Waals surface area contributed by atoms with Gasteiger partial charge in [-0.25, -0.2) is 4.98 Å². The van der Waals surface area contributed by atoms with Gasteiger partial charge in [-0.05, 0) is 79.8 Å². The first-order chi connectivity index (χ1) is 24.9. The number of aliphatic hydroxyl groups is 1. The number of nitrogens with one attached hydrogen (secondary N) is 1. The van der Waals surface area contributed by atoms with Gasteiger partial charge in [-0.1, -0.05) is 42.5 Å². The maximum atomic E-state index is 14.5. The van der Waals surface area contributed by atoms with Crippen molar-refractivity contribution in [3.63, 3.8) is 0 Å². The second-order valence-corrected chi connectivity index (χ2v) is 13.5. The van der Waals surface area contributed by atoms with Gasteiger partial charge in [0.2, 0.25) is 17.6 Å². The van der Waals surface area contributed by atoms with Gasteiger partial charge in [-0.3, -0.25) is 4.79 Å². The van der Waals surface area contributed by atoms with Crippen LogP contribution in [-0.2, 0) is 29.9 Å². The maximum Gasteiger partial charge on any atom is 0.233 e. The molecule has 2 aromatic heterocycles. The number of rotatable bonds is 14. The zero-order valence-electron chi connectivity index (χ0n) is 29.6. The van der Waals surface area contributed by atoms with E-state index in [1.807, 2.05) is 71.6 Å². The lowest BCUT2D eigenvalue weighted by molar-refractivity contribution is -0.133. The van der Waals surface area contributed by atoms with E-state index >= 15 is 0 Å². The molecule has 0 spiro atoms. The summed E-state index contributed by atoms with van der Waals surface area (Å²) < 4.78 is 22.6. The van der Waals surface area contributed by atoms with Gasteiger partial charge in [0.25, 0.3) is 0 Å². The third-order valence-corrected chi connectivity index (χ3v) is 10.6. The SMILES string of the molecule is COc1cc(CN2CCC(CCN3CCC(N(Cc4ccc(CO)o4)c4nc5ccccc5[nH]4)CC3)(c3ccccc3)C2=O)cc(OC)c1OC. The van der Waals surface area contributed by atoms with Crippen molar-refractivity contribution < 1.29 is 28.5 Å². The third kappa shape index (κ3) is 7.00. The van der Waals surface area contributed by atoms with E-state index in [1.165, 1.54) is 0 Å². The Hall–Kier alpha value is -5.00. The Morgan fingerprint density at radius 2 is 1.63 bits per heavy atom.